The zero-order chi connectivity index (χ0) is 22.5. The molecule has 160 valence electrons. The molecule has 0 radical (unpaired) electrons. The molecule has 0 spiro atoms. The molecule has 2 atom stereocenters. The van der Waals surface area contributed by atoms with Crippen molar-refractivity contribution in [2.75, 3.05) is 11.9 Å². The van der Waals surface area contributed by atoms with Gasteiger partial charge in [-0.2, -0.15) is 5.26 Å². The van der Waals surface area contributed by atoms with Crippen molar-refractivity contribution < 1.29 is 4.74 Å². The average molecular weight is 406 g/mol. The van der Waals surface area contributed by atoms with Crippen molar-refractivity contribution in [3.8, 4) is 6.07 Å². The third-order valence-corrected chi connectivity index (χ3v) is 5.73. The molecule has 4 nitrogen and oxygen atoms in total. The maximum atomic E-state index is 9.93. The molecular formula is C26H35N3O. The Morgan fingerprint density at radius 2 is 1.93 bits per heavy atom. The molecule has 4 heteroatoms. The Morgan fingerprint density at radius 1 is 1.30 bits per heavy atom. The molecule has 1 aliphatic heterocycles. The van der Waals surface area contributed by atoms with E-state index < -0.39 is 0 Å². The molecule has 1 aromatic carbocycles. The van der Waals surface area contributed by atoms with Crippen LogP contribution in [0.1, 0.15) is 58.9 Å². The second-order valence-electron chi connectivity index (χ2n) is 8.92. The number of hydrogen-bond donors (Lipinski definition) is 1. The summed E-state index contributed by atoms with van der Waals surface area (Å²) in [5.41, 5.74) is 9.98. The summed E-state index contributed by atoms with van der Waals surface area (Å²) < 4.78 is 5.87. The van der Waals surface area contributed by atoms with Gasteiger partial charge in [0.1, 0.15) is 17.4 Å². The van der Waals surface area contributed by atoms with Crippen molar-refractivity contribution in [1.29, 1.82) is 5.26 Å². The zero-order valence-corrected chi connectivity index (χ0v) is 19.2. The Bertz CT molecular complexity index is 892. The number of nitriles is 1. The Hall–Kier alpha value is -2.93. The van der Waals surface area contributed by atoms with Crippen LogP contribution < -0.4 is 10.6 Å². The van der Waals surface area contributed by atoms with Gasteiger partial charge in [-0.3, -0.25) is 0 Å². The number of benzene rings is 1. The molecule has 2 N–H and O–H groups in total. The summed E-state index contributed by atoms with van der Waals surface area (Å²) in [5.74, 6) is 1.12. The first kappa shape index (κ1) is 23.3. The van der Waals surface area contributed by atoms with Gasteiger partial charge in [0, 0.05) is 24.9 Å². The minimum Gasteiger partial charge on any atom is -0.445 e. The Labute approximate surface area is 182 Å². The van der Waals surface area contributed by atoms with Crippen LogP contribution in [0.3, 0.4) is 0 Å². The van der Waals surface area contributed by atoms with Crippen molar-refractivity contribution in [2.45, 2.75) is 53.4 Å². The first-order valence-electron chi connectivity index (χ1n) is 10.6. The van der Waals surface area contributed by atoms with Crippen LogP contribution >= 0.6 is 0 Å². The van der Waals surface area contributed by atoms with Gasteiger partial charge in [0.25, 0.3) is 0 Å². The molecule has 0 saturated carbocycles. The van der Waals surface area contributed by atoms with Gasteiger partial charge in [0.15, 0.2) is 0 Å². The van der Waals surface area contributed by atoms with Crippen molar-refractivity contribution in [1.82, 2.24) is 0 Å². The van der Waals surface area contributed by atoms with Crippen molar-refractivity contribution in [3.63, 3.8) is 0 Å². The highest BCUT2D eigenvalue weighted by Gasteiger charge is 2.39. The molecule has 0 fully saturated rings. The fourth-order valence-corrected chi connectivity index (χ4v) is 4.21. The van der Waals surface area contributed by atoms with Gasteiger partial charge >= 0.3 is 0 Å². The summed E-state index contributed by atoms with van der Waals surface area (Å²) in [7, 11) is 1.99. The summed E-state index contributed by atoms with van der Waals surface area (Å²) in [6, 6.07) is 10.7. The highest BCUT2D eigenvalue weighted by atomic mass is 16.5. The van der Waals surface area contributed by atoms with Crippen molar-refractivity contribution in [3.05, 3.63) is 77.5 Å². The number of hydrogen-bond acceptors (Lipinski definition) is 4. The van der Waals surface area contributed by atoms with Crippen LogP contribution in [0, 0.1) is 22.7 Å². The van der Waals surface area contributed by atoms with Crippen LogP contribution in [0.5, 0.6) is 0 Å². The first-order chi connectivity index (χ1) is 14.1. The van der Waals surface area contributed by atoms with Gasteiger partial charge < -0.3 is 15.4 Å². The fourth-order valence-electron chi connectivity index (χ4n) is 4.21. The molecule has 1 aliphatic rings. The molecule has 0 amide bonds. The lowest BCUT2D eigenvalue weighted by molar-refractivity contribution is 0.217. The SMILES string of the molecule is C=C/C=C\N(C)c1ccc(C2C(C#N)=C(N)OC(C)=C2C(CCC)C(C)(C)C)cc1. The molecule has 30 heavy (non-hydrogen) atoms. The lowest BCUT2D eigenvalue weighted by Crippen LogP contribution is -2.30. The van der Waals surface area contributed by atoms with E-state index in [2.05, 4.69) is 64.6 Å². The molecule has 0 bridgehead atoms. The van der Waals surface area contributed by atoms with E-state index in [9.17, 15) is 5.26 Å². The lowest BCUT2D eigenvalue weighted by Gasteiger charge is -2.39. The molecule has 1 heterocycles. The van der Waals surface area contributed by atoms with Gasteiger partial charge in [0.2, 0.25) is 5.88 Å². The minimum absolute atomic E-state index is 0.0382. The van der Waals surface area contributed by atoms with E-state index >= 15 is 0 Å². The van der Waals surface area contributed by atoms with E-state index in [1.165, 1.54) is 5.57 Å². The second kappa shape index (κ2) is 9.71. The van der Waals surface area contributed by atoms with Gasteiger partial charge in [0.05, 0.1) is 0 Å². The first-order valence-corrected chi connectivity index (χ1v) is 10.6. The topological polar surface area (TPSA) is 62.3 Å². The predicted molar refractivity (Wildman–Crippen MR) is 125 cm³/mol. The van der Waals surface area contributed by atoms with Crippen LogP contribution in [0.4, 0.5) is 5.69 Å². The summed E-state index contributed by atoms with van der Waals surface area (Å²) in [5, 5.41) is 9.93. The van der Waals surface area contributed by atoms with Gasteiger partial charge in [-0.15, -0.1) is 0 Å². The van der Waals surface area contributed by atoms with Crippen LogP contribution in [-0.2, 0) is 4.74 Å². The Morgan fingerprint density at radius 3 is 2.43 bits per heavy atom. The summed E-state index contributed by atoms with van der Waals surface area (Å²) in [6.07, 6.45) is 7.70. The monoisotopic (exact) mass is 405 g/mol. The van der Waals surface area contributed by atoms with E-state index in [-0.39, 0.29) is 23.1 Å². The highest BCUT2D eigenvalue weighted by Crippen LogP contribution is 2.49. The number of nitrogens with zero attached hydrogens (tertiary/aromatic N) is 2. The van der Waals surface area contributed by atoms with Crippen LogP contribution in [0.2, 0.25) is 0 Å². The second-order valence-corrected chi connectivity index (χ2v) is 8.92. The normalized spacial score (nSPS) is 18.2. The molecule has 1 aromatic rings. The van der Waals surface area contributed by atoms with E-state index in [4.69, 9.17) is 10.5 Å². The number of allylic oxidation sites excluding steroid dienone is 5. The molecule has 2 unspecified atom stereocenters. The third kappa shape index (κ3) is 4.97. The minimum atomic E-state index is -0.192. The largest absolute Gasteiger partial charge is 0.445 e. The van der Waals surface area contributed by atoms with Crippen LogP contribution in [0.25, 0.3) is 0 Å². The maximum absolute atomic E-state index is 9.93. The number of nitrogens with two attached hydrogens (primary N) is 1. The standard InChI is InChI=1S/C26H35N3O/c1-8-10-16-29(7)20-14-12-19(13-15-20)24-21(17-27)25(28)30-18(3)23(24)22(11-9-2)26(4,5)6/h8,10,12-16,22,24H,1,9,11,28H2,2-7H3/b16-10-. The number of anilines is 1. The zero-order valence-electron chi connectivity index (χ0n) is 19.2. The Kier molecular flexibility index (Phi) is 7.56. The quantitative estimate of drug-likeness (QED) is 0.536. The summed E-state index contributed by atoms with van der Waals surface area (Å²) >= 11 is 0. The highest BCUT2D eigenvalue weighted by molar-refractivity contribution is 5.55. The van der Waals surface area contributed by atoms with Gasteiger partial charge in [-0.25, -0.2) is 0 Å². The smallest absolute Gasteiger partial charge is 0.205 e. The molecule has 0 aliphatic carbocycles. The van der Waals surface area contributed by atoms with Crippen LogP contribution in [-0.4, -0.2) is 7.05 Å². The van der Waals surface area contributed by atoms with Gasteiger partial charge in [-0.05, 0) is 54.0 Å². The molecule has 2 rings (SSSR count). The van der Waals surface area contributed by atoms with E-state index in [0.29, 0.717) is 5.57 Å². The van der Waals surface area contributed by atoms with Crippen LogP contribution in [0.15, 0.2) is 72.0 Å². The third-order valence-electron chi connectivity index (χ3n) is 5.73. The Balaban J connectivity index is 2.58. The molecular weight excluding hydrogens is 370 g/mol. The van der Waals surface area contributed by atoms with E-state index in [0.717, 1.165) is 29.9 Å². The van der Waals surface area contributed by atoms with Crippen molar-refractivity contribution >= 4 is 5.69 Å². The predicted octanol–water partition coefficient (Wildman–Crippen LogP) is 6.37. The molecule has 0 aromatic heterocycles. The summed E-state index contributed by atoms with van der Waals surface area (Å²) in [6.45, 7) is 14.6. The molecule has 0 saturated heterocycles. The average Bonchev–Trinajstić information content (AvgIpc) is 2.69. The maximum Gasteiger partial charge on any atom is 0.205 e. The fraction of sp³-hybridized carbons (Fsp3) is 0.423. The van der Waals surface area contributed by atoms with E-state index in [1.807, 2.05) is 31.1 Å². The van der Waals surface area contributed by atoms with Gasteiger partial charge in [-0.1, -0.05) is 58.9 Å². The summed E-state index contributed by atoms with van der Waals surface area (Å²) in [4.78, 5) is 2.03. The number of ether oxygens (including phenoxy) is 1. The van der Waals surface area contributed by atoms with Crippen molar-refractivity contribution in [2.24, 2.45) is 17.1 Å². The lowest BCUT2D eigenvalue weighted by atomic mass is 9.67. The van der Waals surface area contributed by atoms with E-state index in [1.54, 1.807) is 6.08 Å². The number of rotatable bonds is 7.